The Bertz CT molecular complexity index is 629. The smallest absolute Gasteiger partial charge is 0.271 e. The fourth-order valence-electron chi connectivity index (χ4n) is 1.17. The number of hydrogen-bond donors (Lipinski definition) is 1. The van der Waals surface area contributed by atoms with Crippen molar-refractivity contribution in [3.8, 4) is 0 Å². The Morgan fingerprint density at radius 2 is 2.00 bits per heavy atom. The van der Waals surface area contributed by atoms with Crippen molar-refractivity contribution in [3.63, 3.8) is 0 Å². The molecule has 18 heavy (non-hydrogen) atoms. The van der Waals surface area contributed by atoms with E-state index in [0.29, 0.717) is 6.07 Å². The van der Waals surface area contributed by atoms with Gasteiger partial charge in [0.2, 0.25) is 0 Å². The number of carbonyl (C=O) groups excluding carboxylic acids is 1. The second-order valence-electron chi connectivity index (χ2n) is 3.08. The molecule has 0 saturated heterocycles. The van der Waals surface area contributed by atoms with Gasteiger partial charge in [-0.2, -0.15) is 0 Å². The summed E-state index contributed by atoms with van der Waals surface area (Å²) in [6.07, 6.45) is 0. The molecule has 0 unspecified atom stereocenters. The number of hydrogen-bond acceptors (Lipinski definition) is 5. The van der Waals surface area contributed by atoms with E-state index in [9.17, 15) is 23.3 Å². The van der Waals surface area contributed by atoms with Crippen molar-refractivity contribution in [1.82, 2.24) is 5.32 Å². The minimum Gasteiger partial charge on any atom is -0.355 e. The number of nitrogens with zero attached hydrogens (tertiary/aromatic N) is 1. The van der Waals surface area contributed by atoms with Crippen LogP contribution >= 0.6 is 22.3 Å². The topological polar surface area (TPSA) is 106 Å². The summed E-state index contributed by atoms with van der Waals surface area (Å²) in [5, 5.41) is 12.4. The molecule has 0 saturated carbocycles. The van der Waals surface area contributed by atoms with Gasteiger partial charge in [0.1, 0.15) is 4.90 Å². The van der Waals surface area contributed by atoms with Crippen molar-refractivity contribution < 1.29 is 18.1 Å². The van der Waals surface area contributed by atoms with Crippen LogP contribution in [0.4, 0.5) is 5.69 Å². The van der Waals surface area contributed by atoms with Crippen LogP contribution in [-0.2, 0) is 9.05 Å². The van der Waals surface area contributed by atoms with Gasteiger partial charge < -0.3 is 5.32 Å². The number of nitro benzene ring substituents is 1. The van der Waals surface area contributed by atoms with Gasteiger partial charge >= 0.3 is 0 Å². The molecular weight excluding hydrogens is 307 g/mol. The molecule has 0 bridgehead atoms. The first-order valence-electron chi connectivity index (χ1n) is 4.33. The Kier molecular flexibility index (Phi) is 4.15. The fraction of sp³-hybridized carbons (Fsp3) is 0.125. The summed E-state index contributed by atoms with van der Waals surface area (Å²) in [7, 11) is 2.07. The summed E-state index contributed by atoms with van der Waals surface area (Å²) >= 11 is 5.70. The van der Waals surface area contributed by atoms with E-state index in [1.807, 2.05) is 0 Å². The third-order valence-electron chi connectivity index (χ3n) is 1.97. The van der Waals surface area contributed by atoms with Crippen molar-refractivity contribution in [2.45, 2.75) is 4.90 Å². The molecule has 0 heterocycles. The summed E-state index contributed by atoms with van der Waals surface area (Å²) < 4.78 is 22.4. The number of carbonyl (C=O) groups is 1. The molecule has 0 aliphatic carbocycles. The molecule has 10 heteroatoms. The quantitative estimate of drug-likeness (QED) is 0.517. The maximum atomic E-state index is 11.4. The first-order chi connectivity index (χ1) is 8.18. The van der Waals surface area contributed by atoms with E-state index in [-0.39, 0.29) is 5.56 Å². The van der Waals surface area contributed by atoms with Crippen LogP contribution in [0.2, 0.25) is 5.02 Å². The Labute approximate surface area is 111 Å². The van der Waals surface area contributed by atoms with Crippen molar-refractivity contribution in [3.05, 3.63) is 32.8 Å². The predicted octanol–water partition coefficient (Wildman–Crippen LogP) is 1.54. The summed E-state index contributed by atoms with van der Waals surface area (Å²) in [6.45, 7) is 0. The first-order valence-corrected chi connectivity index (χ1v) is 7.02. The van der Waals surface area contributed by atoms with E-state index in [1.54, 1.807) is 0 Å². The average molecular weight is 313 g/mol. The second kappa shape index (κ2) is 5.09. The molecule has 1 amide bonds. The van der Waals surface area contributed by atoms with Gasteiger partial charge in [-0.15, -0.1) is 0 Å². The molecule has 1 N–H and O–H groups in total. The van der Waals surface area contributed by atoms with Crippen LogP contribution in [0.5, 0.6) is 0 Å². The zero-order valence-electron chi connectivity index (χ0n) is 8.81. The highest BCUT2D eigenvalue weighted by Gasteiger charge is 2.25. The van der Waals surface area contributed by atoms with Gasteiger partial charge in [0.25, 0.3) is 20.6 Å². The van der Waals surface area contributed by atoms with Gasteiger partial charge in [0.15, 0.2) is 0 Å². The van der Waals surface area contributed by atoms with Crippen molar-refractivity contribution >= 4 is 42.9 Å². The molecule has 98 valence electrons. The summed E-state index contributed by atoms with van der Waals surface area (Å²) in [5.74, 6) is -0.759. The molecule has 0 aliphatic heterocycles. The zero-order valence-corrected chi connectivity index (χ0v) is 11.1. The SMILES string of the molecule is CNC(=O)c1cc([N+](=O)[O-])cc(S(=O)(=O)Cl)c1Cl. The highest BCUT2D eigenvalue weighted by atomic mass is 35.7. The monoisotopic (exact) mass is 312 g/mol. The minimum atomic E-state index is -4.30. The van der Waals surface area contributed by atoms with Gasteiger partial charge in [-0.1, -0.05) is 11.6 Å². The number of nitro groups is 1. The number of amides is 1. The molecule has 1 aromatic carbocycles. The number of halogens is 2. The Morgan fingerprint density at radius 3 is 2.39 bits per heavy atom. The molecule has 0 atom stereocenters. The molecule has 1 aromatic rings. The first kappa shape index (κ1) is 14.7. The van der Waals surface area contributed by atoms with Gasteiger partial charge in [0, 0.05) is 29.9 Å². The van der Waals surface area contributed by atoms with Crippen molar-refractivity contribution in [2.24, 2.45) is 0 Å². The highest BCUT2D eigenvalue weighted by molar-refractivity contribution is 8.13. The molecule has 0 radical (unpaired) electrons. The molecule has 7 nitrogen and oxygen atoms in total. The third-order valence-corrected chi connectivity index (χ3v) is 3.83. The lowest BCUT2D eigenvalue weighted by Gasteiger charge is -2.06. The van der Waals surface area contributed by atoms with Crippen LogP contribution < -0.4 is 5.32 Å². The maximum absolute atomic E-state index is 11.4. The van der Waals surface area contributed by atoms with Crippen molar-refractivity contribution in [1.29, 1.82) is 0 Å². The molecular formula is C8H6Cl2N2O5S. The Morgan fingerprint density at radius 1 is 1.44 bits per heavy atom. The van der Waals surface area contributed by atoms with E-state index < -0.39 is 35.5 Å². The van der Waals surface area contributed by atoms with Crippen molar-refractivity contribution in [2.75, 3.05) is 7.05 Å². The van der Waals surface area contributed by atoms with Crippen LogP contribution in [0, 0.1) is 10.1 Å². The van der Waals surface area contributed by atoms with E-state index in [0.717, 1.165) is 6.07 Å². The van der Waals surface area contributed by atoms with Gasteiger partial charge in [-0.3, -0.25) is 14.9 Å². The number of non-ortho nitro benzene ring substituents is 1. The van der Waals surface area contributed by atoms with Crippen LogP contribution in [0.25, 0.3) is 0 Å². The molecule has 0 spiro atoms. The third kappa shape index (κ3) is 2.89. The average Bonchev–Trinajstić information content (AvgIpc) is 2.26. The largest absolute Gasteiger partial charge is 0.355 e. The maximum Gasteiger partial charge on any atom is 0.271 e. The highest BCUT2D eigenvalue weighted by Crippen LogP contribution is 2.32. The summed E-state index contributed by atoms with van der Waals surface area (Å²) in [6, 6.07) is 1.56. The van der Waals surface area contributed by atoms with Crippen LogP contribution in [-0.4, -0.2) is 26.3 Å². The summed E-state index contributed by atoms with van der Waals surface area (Å²) in [4.78, 5) is 20.5. The van der Waals surface area contributed by atoms with Gasteiger partial charge in [-0.05, 0) is 0 Å². The Balaban J connectivity index is 3.69. The molecule has 0 aromatic heterocycles. The molecule has 0 aliphatic rings. The molecule has 1 rings (SSSR count). The lowest BCUT2D eigenvalue weighted by Crippen LogP contribution is -2.19. The zero-order chi connectivity index (χ0) is 14.1. The van der Waals surface area contributed by atoms with E-state index in [2.05, 4.69) is 5.32 Å². The lowest BCUT2D eigenvalue weighted by atomic mass is 10.2. The van der Waals surface area contributed by atoms with Gasteiger partial charge in [-0.25, -0.2) is 8.42 Å². The van der Waals surface area contributed by atoms with Gasteiger partial charge in [0.05, 0.1) is 15.5 Å². The molecule has 0 fully saturated rings. The number of nitrogens with one attached hydrogen (secondary N) is 1. The normalized spacial score (nSPS) is 11.1. The Hall–Kier alpha value is -1.38. The lowest BCUT2D eigenvalue weighted by molar-refractivity contribution is -0.385. The standard InChI is InChI=1S/C8H6Cl2N2O5S/c1-11-8(13)5-2-4(12(14)15)3-6(7(5)9)18(10,16)17/h2-3H,1H3,(H,11,13). The van der Waals surface area contributed by atoms with E-state index >= 15 is 0 Å². The second-order valence-corrected chi connectivity index (χ2v) is 5.99. The van der Waals surface area contributed by atoms with Crippen LogP contribution in [0.3, 0.4) is 0 Å². The number of rotatable bonds is 3. The fourth-order valence-corrected chi connectivity index (χ4v) is 2.73. The summed E-state index contributed by atoms with van der Waals surface area (Å²) in [5.41, 5.74) is -0.940. The van der Waals surface area contributed by atoms with E-state index in [4.69, 9.17) is 22.3 Å². The predicted molar refractivity (Wildman–Crippen MR) is 64.5 cm³/mol. The van der Waals surface area contributed by atoms with E-state index in [1.165, 1.54) is 7.05 Å². The minimum absolute atomic E-state index is 0.340. The van der Waals surface area contributed by atoms with Crippen LogP contribution in [0.1, 0.15) is 10.4 Å². The van der Waals surface area contributed by atoms with Crippen LogP contribution in [0.15, 0.2) is 17.0 Å². The number of benzene rings is 1.